The van der Waals surface area contributed by atoms with Gasteiger partial charge in [-0.3, -0.25) is 0 Å². The summed E-state index contributed by atoms with van der Waals surface area (Å²) >= 11 is 5.78. The molecule has 0 aliphatic carbocycles. The number of carbonyl (C=O) groups excluding carboxylic acids is 1. The van der Waals surface area contributed by atoms with Crippen LogP contribution >= 0.6 is 11.6 Å². The van der Waals surface area contributed by atoms with Crippen molar-refractivity contribution in [2.45, 2.75) is 6.92 Å². The number of esters is 1. The molecule has 0 N–H and O–H groups in total. The Kier molecular flexibility index (Phi) is 3.57. The standard InChI is InChI=1S/C13H11ClFNO3/c1-6-10(15)9(14)5-7-4-8(13(17)19-3)12(18-2)16-11(6)7/h4-5H,1-3H3. The van der Waals surface area contributed by atoms with Crippen molar-refractivity contribution < 1.29 is 18.7 Å². The average Bonchev–Trinajstić information content (AvgIpc) is 2.43. The van der Waals surface area contributed by atoms with E-state index in [-0.39, 0.29) is 16.5 Å². The topological polar surface area (TPSA) is 48.4 Å². The minimum atomic E-state index is -0.579. The van der Waals surface area contributed by atoms with Crippen LogP contribution in [0.15, 0.2) is 12.1 Å². The van der Waals surface area contributed by atoms with Crippen LogP contribution < -0.4 is 4.74 Å². The van der Waals surface area contributed by atoms with E-state index < -0.39 is 11.8 Å². The Hall–Kier alpha value is -1.88. The molecule has 0 bridgehead atoms. The summed E-state index contributed by atoms with van der Waals surface area (Å²) in [7, 11) is 2.64. The predicted molar refractivity (Wildman–Crippen MR) is 69.3 cm³/mol. The Morgan fingerprint density at radius 3 is 2.63 bits per heavy atom. The highest BCUT2D eigenvalue weighted by Gasteiger charge is 2.18. The lowest BCUT2D eigenvalue weighted by atomic mass is 10.1. The number of hydrogen-bond acceptors (Lipinski definition) is 4. The third-order valence-corrected chi connectivity index (χ3v) is 3.07. The van der Waals surface area contributed by atoms with Crippen LogP contribution in [0.2, 0.25) is 5.02 Å². The largest absolute Gasteiger partial charge is 0.480 e. The summed E-state index contributed by atoms with van der Waals surface area (Å²) in [6.45, 7) is 1.56. The number of rotatable bonds is 2. The Bertz CT molecular complexity index is 673. The van der Waals surface area contributed by atoms with Crippen molar-refractivity contribution in [3.05, 3.63) is 34.1 Å². The molecule has 2 aromatic rings. The van der Waals surface area contributed by atoms with Crippen molar-refractivity contribution in [1.29, 1.82) is 0 Å². The van der Waals surface area contributed by atoms with E-state index in [1.807, 2.05) is 0 Å². The first-order valence-electron chi connectivity index (χ1n) is 5.41. The summed E-state index contributed by atoms with van der Waals surface area (Å²) in [6, 6.07) is 2.93. The zero-order chi connectivity index (χ0) is 14.2. The van der Waals surface area contributed by atoms with Gasteiger partial charge >= 0.3 is 5.97 Å². The predicted octanol–water partition coefficient (Wildman–Crippen LogP) is 3.13. The van der Waals surface area contributed by atoms with Crippen molar-refractivity contribution >= 4 is 28.5 Å². The lowest BCUT2D eigenvalue weighted by Crippen LogP contribution is -2.06. The zero-order valence-electron chi connectivity index (χ0n) is 10.6. The second kappa shape index (κ2) is 5.01. The van der Waals surface area contributed by atoms with E-state index >= 15 is 0 Å². The molecule has 4 nitrogen and oxygen atoms in total. The second-order valence-corrected chi connectivity index (χ2v) is 4.31. The number of ether oxygens (including phenoxy) is 2. The van der Waals surface area contributed by atoms with Crippen LogP contribution in [0.25, 0.3) is 10.9 Å². The van der Waals surface area contributed by atoms with E-state index in [1.54, 1.807) is 6.92 Å². The van der Waals surface area contributed by atoms with Gasteiger partial charge in [0.2, 0.25) is 5.88 Å². The van der Waals surface area contributed by atoms with E-state index in [1.165, 1.54) is 26.4 Å². The number of methoxy groups -OCH3 is 2. The molecule has 1 aromatic heterocycles. The highest BCUT2D eigenvalue weighted by Crippen LogP contribution is 2.30. The summed E-state index contributed by atoms with van der Waals surface area (Å²) in [6.07, 6.45) is 0. The molecule has 6 heteroatoms. The smallest absolute Gasteiger partial charge is 0.343 e. The molecule has 0 aliphatic heterocycles. The third kappa shape index (κ3) is 2.21. The van der Waals surface area contributed by atoms with Crippen LogP contribution in [0.5, 0.6) is 5.88 Å². The summed E-state index contributed by atoms with van der Waals surface area (Å²) in [4.78, 5) is 15.8. The van der Waals surface area contributed by atoms with E-state index in [9.17, 15) is 9.18 Å². The van der Waals surface area contributed by atoms with Gasteiger partial charge in [0.1, 0.15) is 11.4 Å². The molecule has 0 amide bonds. The number of benzene rings is 1. The van der Waals surface area contributed by atoms with Crippen molar-refractivity contribution in [3.8, 4) is 5.88 Å². The van der Waals surface area contributed by atoms with Gasteiger partial charge in [0.25, 0.3) is 0 Å². The quantitative estimate of drug-likeness (QED) is 0.795. The highest BCUT2D eigenvalue weighted by molar-refractivity contribution is 6.31. The Morgan fingerprint density at radius 2 is 2.05 bits per heavy atom. The molecule has 0 radical (unpaired) electrons. The first-order chi connectivity index (χ1) is 8.99. The van der Waals surface area contributed by atoms with Gasteiger partial charge in [-0.2, -0.15) is 0 Å². The van der Waals surface area contributed by atoms with E-state index in [2.05, 4.69) is 9.72 Å². The van der Waals surface area contributed by atoms with Crippen molar-refractivity contribution in [2.75, 3.05) is 14.2 Å². The number of fused-ring (bicyclic) bond motifs is 1. The molecule has 0 atom stereocenters. The molecule has 1 heterocycles. The van der Waals surface area contributed by atoms with Crippen LogP contribution in [-0.4, -0.2) is 25.2 Å². The van der Waals surface area contributed by atoms with Crippen molar-refractivity contribution in [2.24, 2.45) is 0 Å². The maximum Gasteiger partial charge on any atom is 0.343 e. The van der Waals surface area contributed by atoms with Gasteiger partial charge in [-0.25, -0.2) is 14.2 Å². The van der Waals surface area contributed by atoms with Gasteiger partial charge in [-0.1, -0.05) is 11.6 Å². The van der Waals surface area contributed by atoms with Gasteiger partial charge in [0.15, 0.2) is 0 Å². The van der Waals surface area contributed by atoms with E-state index in [4.69, 9.17) is 16.3 Å². The molecule has 2 rings (SSSR count). The van der Waals surface area contributed by atoms with Crippen molar-refractivity contribution in [3.63, 3.8) is 0 Å². The summed E-state index contributed by atoms with van der Waals surface area (Å²) in [5.41, 5.74) is 0.864. The van der Waals surface area contributed by atoms with Crippen LogP contribution in [-0.2, 0) is 4.74 Å². The molecule has 19 heavy (non-hydrogen) atoms. The molecule has 0 spiro atoms. The fourth-order valence-electron chi connectivity index (χ4n) is 1.82. The van der Waals surface area contributed by atoms with Gasteiger partial charge in [0.05, 0.1) is 24.8 Å². The summed E-state index contributed by atoms with van der Waals surface area (Å²) < 4.78 is 23.4. The first-order valence-corrected chi connectivity index (χ1v) is 5.79. The van der Waals surface area contributed by atoms with Crippen LogP contribution in [0, 0.1) is 12.7 Å². The number of aryl methyl sites for hydroxylation is 1. The Balaban J connectivity index is 2.82. The van der Waals surface area contributed by atoms with Gasteiger partial charge < -0.3 is 9.47 Å². The van der Waals surface area contributed by atoms with E-state index in [0.717, 1.165) is 0 Å². The molecule has 0 aliphatic rings. The number of halogens is 2. The Morgan fingerprint density at radius 1 is 1.37 bits per heavy atom. The molecule has 0 saturated heterocycles. The fourth-order valence-corrected chi connectivity index (χ4v) is 2.08. The molecule has 0 saturated carbocycles. The zero-order valence-corrected chi connectivity index (χ0v) is 11.3. The van der Waals surface area contributed by atoms with Gasteiger partial charge in [-0.05, 0) is 19.1 Å². The SMILES string of the molecule is COC(=O)c1cc2cc(Cl)c(F)c(C)c2nc1OC. The maximum atomic E-state index is 13.7. The molecular weight excluding hydrogens is 273 g/mol. The van der Waals surface area contributed by atoms with Gasteiger partial charge in [-0.15, -0.1) is 0 Å². The second-order valence-electron chi connectivity index (χ2n) is 3.91. The number of nitrogens with zero attached hydrogens (tertiary/aromatic N) is 1. The van der Waals surface area contributed by atoms with Crippen LogP contribution in [0.3, 0.4) is 0 Å². The van der Waals surface area contributed by atoms with Crippen molar-refractivity contribution in [1.82, 2.24) is 4.98 Å². The first kappa shape index (κ1) is 13.5. The normalized spacial score (nSPS) is 10.6. The number of carbonyl (C=O) groups is 1. The highest BCUT2D eigenvalue weighted by atomic mass is 35.5. The minimum Gasteiger partial charge on any atom is -0.480 e. The lowest BCUT2D eigenvalue weighted by Gasteiger charge is -2.10. The molecule has 0 unspecified atom stereocenters. The maximum absolute atomic E-state index is 13.7. The summed E-state index contributed by atoms with van der Waals surface area (Å²) in [5.74, 6) is -1.02. The lowest BCUT2D eigenvalue weighted by molar-refractivity contribution is 0.0596. The number of pyridine rings is 1. The molecular formula is C13H11ClFNO3. The monoisotopic (exact) mass is 283 g/mol. The van der Waals surface area contributed by atoms with E-state index in [0.29, 0.717) is 16.5 Å². The van der Waals surface area contributed by atoms with Crippen LogP contribution in [0.4, 0.5) is 4.39 Å². The Labute approximate surface area is 114 Å². The molecule has 1 aromatic carbocycles. The fraction of sp³-hybridized carbons (Fsp3) is 0.231. The third-order valence-electron chi connectivity index (χ3n) is 2.79. The number of aromatic nitrogens is 1. The molecule has 100 valence electrons. The van der Waals surface area contributed by atoms with Crippen LogP contribution in [0.1, 0.15) is 15.9 Å². The average molecular weight is 284 g/mol. The number of hydrogen-bond donors (Lipinski definition) is 0. The summed E-state index contributed by atoms with van der Waals surface area (Å²) in [5, 5.41) is 0.526. The molecule has 0 fully saturated rings. The van der Waals surface area contributed by atoms with Gasteiger partial charge in [0, 0.05) is 10.9 Å². The minimum absolute atomic E-state index is 0.0206.